The van der Waals surface area contributed by atoms with Crippen LogP contribution in [0.3, 0.4) is 0 Å². The zero-order chi connectivity index (χ0) is 22.3. The topological polar surface area (TPSA) is 96.9 Å². The van der Waals surface area contributed by atoms with Crippen LogP contribution in [-0.2, 0) is 9.47 Å². The van der Waals surface area contributed by atoms with Crippen molar-refractivity contribution in [1.29, 1.82) is 0 Å². The van der Waals surface area contributed by atoms with E-state index >= 15 is 0 Å². The Balaban J connectivity index is 1.03. The van der Waals surface area contributed by atoms with E-state index in [-0.39, 0.29) is 13.1 Å². The molecule has 3 N–H and O–H groups in total. The Kier molecular flexibility index (Phi) is 8.11. The van der Waals surface area contributed by atoms with Crippen molar-refractivity contribution in [3.63, 3.8) is 0 Å². The lowest BCUT2D eigenvalue weighted by molar-refractivity contribution is 0.116. The Hall–Kier alpha value is -2.02. The molecule has 0 spiro atoms. The van der Waals surface area contributed by atoms with Gasteiger partial charge < -0.3 is 25.2 Å². The number of carbonyl (C=O) groups is 2. The number of aliphatic hydroxyl groups is 1. The van der Waals surface area contributed by atoms with Crippen molar-refractivity contribution >= 4 is 12.2 Å². The summed E-state index contributed by atoms with van der Waals surface area (Å²) < 4.78 is 10.7. The normalized spacial score (nSPS) is 35.8. The van der Waals surface area contributed by atoms with Crippen molar-refractivity contribution in [2.45, 2.75) is 57.5 Å². The number of carbonyl (C=O) groups excluding carboxylic acids is 2. The van der Waals surface area contributed by atoms with Crippen LogP contribution < -0.4 is 10.6 Å². The maximum atomic E-state index is 11.9. The molecule has 32 heavy (non-hydrogen) atoms. The van der Waals surface area contributed by atoms with E-state index in [2.05, 4.69) is 34.9 Å². The van der Waals surface area contributed by atoms with E-state index in [0.717, 1.165) is 25.7 Å². The van der Waals surface area contributed by atoms with Crippen molar-refractivity contribution in [2.24, 2.45) is 35.5 Å². The molecule has 0 aromatic carbocycles. The number of hydrogen-bond donors (Lipinski definition) is 3. The number of amides is 2. The standard InChI is InChI=1S/C25H38N2O5/c28-17(13-26-24(29)31-15-22-18-9-5-1-2-6-10-19(18)22)14-27-25(30)32-16-23-20-11-7-3-4-8-12-21(20)23/h1-4,17-23,28H,5-16H2,(H,26,29)(H,27,30)/b2-1-,4-3-. The van der Waals surface area contributed by atoms with Crippen molar-refractivity contribution in [1.82, 2.24) is 10.6 Å². The molecule has 2 amide bonds. The van der Waals surface area contributed by atoms with E-state index < -0.39 is 18.3 Å². The van der Waals surface area contributed by atoms with Gasteiger partial charge in [0.25, 0.3) is 0 Å². The third kappa shape index (κ3) is 6.50. The first-order valence-electron chi connectivity index (χ1n) is 12.4. The third-order valence-electron chi connectivity index (χ3n) is 7.80. The molecule has 0 aromatic rings. The lowest BCUT2D eigenvalue weighted by atomic mass is 10.1. The third-order valence-corrected chi connectivity index (χ3v) is 7.80. The molecule has 178 valence electrons. The fourth-order valence-electron chi connectivity index (χ4n) is 5.80. The number of ether oxygens (including phenoxy) is 2. The molecule has 4 atom stereocenters. The Morgan fingerprint density at radius 3 is 1.41 bits per heavy atom. The second-order valence-electron chi connectivity index (χ2n) is 9.85. The van der Waals surface area contributed by atoms with E-state index in [4.69, 9.17) is 9.47 Å². The van der Waals surface area contributed by atoms with E-state index in [0.29, 0.717) is 48.7 Å². The van der Waals surface area contributed by atoms with Crippen LogP contribution in [0.25, 0.3) is 0 Å². The van der Waals surface area contributed by atoms with Gasteiger partial charge >= 0.3 is 12.2 Å². The lowest BCUT2D eigenvalue weighted by Gasteiger charge is -2.13. The van der Waals surface area contributed by atoms with E-state index in [1.807, 2.05) is 0 Å². The highest BCUT2D eigenvalue weighted by Gasteiger charge is 2.50. The van der Waals surface area contributed by atoms with Gasteiger partial charge in [-0.15, -0.1) is 0 Å². The predicted octanol–water partition coefficient (Wildman–Crippen LogP) is 3.78. The summed E-state index contributed by atoms with van der Waals surface area (Å²) in [4.78, 5) is 23.9. The van der Waals surface area contributed by atoms with Gasteiger partial charge in [-0.3, -0.25) is 0 Å². The van der Waals surface area contributed by atoms with Crippen molar-refractivity contribution in [3.05, 3.63) is 24.3 Å². The predicted molar refractivity (Wildman–Crippen MR) is 121 cm³/mol. The fourth-order valence-corrected chi connectivity index (χ4v) is 5.80. The molecular weight excluding hydrogens is 408 g/mol. The molecule has 0 bridgehead atoms. The summed E-state index contributed by atoms with van der Waals surface area (Å²) in [6.45, 7) is 0.947. The van der Waals surface area contributed by atoms with Crippen molar-refractivity contribution in [3.8, 4) is 0 Å². The summed E-state index contributed by atoms with van der Waals surface area (Å²) in [7, 11) is 0. The Labute approximate surface area is 191 Å². The molecular formula is C25H38N2O5. The van der Waals surface area contributed by atoms with Gasteiger partial charge in [0.15, 0.2) is 0 Å². The van der Waals surface area contributed by atoms with Gasteiger partial charge in [0.2, 0.25) is 0 Å². The van der Waals surface area contributed by atoms with Crippen LogP contribution in [0, 0.1) is 35.5 Å². The molecule has 2 saturated carbocycles. The second-order valence-corrected chi connectivity index (χ2v) is 9.85. The van der Waals surface area contributed by atoms with Gasteiger partial charge in [0.05, 0.1) is 19.3 Å². The summed E-state index contributed by atoms with van der Waals surface area (Å²) >= 11 is 0. The highest BCUT2D eigenvalue weighted by atomic mass is 16.6. The zero-order valence-corrected chi connectivity index (χ0v) is 18.9. The molecule has 4 aliphatic rings. The van der Waals surface area contributed by atoms with Crippen LogP contribution >= 0.6 is 0 Å². The molecule has 4 rings (SSSR count). The van der Waals surface area contributed by atoms with Gasteiger partial charge in [-0.25, -0.2) is 9.59 Å². The highest BCUT2D eigenvalue weighted by Crippen LogP contribution is 2.53. The first-order valence-corrected chi connectivity index (χ1v) is 12.4. The van der Waals surface area contributed by atoms with Crippen LogP contribution in [0.2, 0.25) is 0 Å². The Morgan fingerprint density at radius 1 is 0.719 bits per heavy atom. The molecule has 0 heterocycles. The molecule has 0 saturated heterocycles. The van der Waals surface area contributed by atoms with Crippen LogP contribution in [0.5, 0.6) is 0 Å². The van der Waals surface area contributed by atoms with Crippen LogP contribution in [0.1, 0.15) is 51.4 Å². The molecule has 4 aliphatic carbocycles. The van der Waals surface area contributed by atoms with Gasteiger partial charge in [0, 0.05) is 13.1 Å². The van der Waals surface area contributed by atoms with Gasteiger partial charge in [-0.2, -0.15) is 0 Å². The number of hydrogen-bond acceptors (Lipinski definition) is 5. The van der Waals surface area contributed by atoms with Crippen molar-refractivity contribution < 1.29 is 24.2 Å². The molecule has 2 fully saturated rings. The molecule has 0 aromatic heterocycles. The van der Waals surface area contributed by atoms with Crippen LogP contribution in [0.4, 0.5) is 9.59 Å². The number of rotatable bonds is 8. The molecule has 0 aliphatic heterocycles. The minimum Gasteiger partial charge on any atom is -0.449 e. The quantitative estimate of drug-likeness (QED) is 0.493. The summed E-state index contributed by atoms with van der Waals surface area (Å²) in [5, 5.41) is 15.2. The van der Waals surface area contributed by atoms with Gasteiger partial charge in [-0.1, -0.05) is 24.3 Å². The molecule has 0 radical (unpaired) electrons. The first-order chi connectivity index (χ1) is 15.6. The Morgan fingerprint density at radius 2 is 1.06 bits per heavy atom. The number of fused-ring (bicyclic) bond motifs is 2. The van der Waals surface area contributed by atoms with Gasteiger partial charge in [-0.05, 0) is 86.9 Å². The van der Waals surface area contributed by atoms with Crippen LogP contribution in [-0.4, -0.2) is 49.7 Å². The minimum absolute atomic E-state index is 0.0281. The number of alkyl carbamates (subject to hydrolysis) is 2. The maximum Gasteiger partial charge on any atom is 0.407 e. The van der Waals surface area contributed by atoms with E-state index in [1.165, 1.54) is 25.7 Å². The van der Waals surface area contributed by atoms with Crippen molar-refractivity contribution in [2.75, 3.05) is 26.3 Å². The van der Waals surface area contributed by atoms with Gasteiger partial charge in [0.1, 0.15) is 0 Å². The molecule has 7 heteroatoms. The first kappa shape index (κ1) is 23.1. The monoisotopic (exact) mass is 446 g/mol. The molecule has 7 nitrogen and oxygen atoms in total. The average molecular weight is 447 g/mol. The molecule has 4 unspecified atom stereocenters. The lowest BCUT2D eigenvalue weighted by Crippen LogP contribution is -2.40. The second kappa shape index (κ2) is 11.2. The van der Waals surface area contributed by atoms with E-state index in [1.54, 1.807) is 0 Å². The maximum absolute atomic E-state index is 11.9. The summed E-state index contributed by atoms with van der Waals surface area (Å²) in [6.07, 6.45) is 16.3. The summed E-state index contributed by atoms with van der Waals surface area (Å²) in [6, 6.07) is 0. The smallest absolute Gasteiger partial charge is 0.407 e. The number of nitrogens with one attached hydrogen (secondary N) is 2. The van der Waals surface area contributed by atoms with Crippen LogP contribution in [0.15, 0.2) is 24.3 Å². The fraction of sp³-hybridized carbons (Fsp3) is 0.760. The summed E-state index contributed by atoms with van der Waals surface area (Å²) in [5.74, 6) is 3.67. The zero-order valence-electron chi connectivity index (χ0n) is 18.9. The minimum atomic E-state index is -0.890. The largest absolute Gasteiger partial charge is 0.449 e. The highest BCUT2D eigenvalue weighted by molar-refractivity contribution is 5.68. The number of aliphatic hydroxyl groups excluding tert-OH is 1. The summed E-state index contributed by atoms with van der Waals surface area (Å²) in [5.41, 5.74) is 0. The van der Waals surface area contributed by atoms with E-state index in [9.17, 15) is 14.7 Å². The SMILES string of the molecule is O=C(NCC(O)CNC(=O)OCC1C2CC/C=C\CCC21)OCC1C2CC/C=C\CCC21. The number of allylic oxidation sites excluding steroid dienone is 4. The Bertz CT molecular complexity index is 618. The average Bonchev–Trinajstić information content (AvgIpc) is 3.60.